The van der Waals surface area contributed by atoms with Gasteiger partial charge >= 0.3 is 0 Å². The van der Waals surface area contributed by atoms with Crippen LogP contribution in [0.15, 0.2) is 54.6 Å². The van der Waals surface area contributed by atoms with Crippen molar-refractivity contribution in [1.82, 2.24) is 14.9 Å². The molecule has 0 saturated heterocycles. The van der Waals surface area contributed by atoms with Crippen LogP contribution in [0, 0.1) is 0 Å². The molecule has 2 heterocycles. The van der Waals surface area contributed by atoms with Crippen LogP contribution in [0.5, 0.6) is 0 Å². The van der Waals surface area contributed by atoms with E-state index in [1.54, 1.807) is 0 Å². The smallest absolute Gasteiger partial charge is 0.253 e. The van der Waals surface area contributed by atoms with Crippen LogP contribution in [0.1, 0.15) is 30.9 Å². The van der Waals surface area contributed by atoms with E-state index >= 15 is 0 Å². The van der Waals surface area contributed by atoms with E-state index in [2.05, 4.69) is 10.3 Å². The molecule has 6 nitrogen and oxygen atoms in total. The molecule has 2 aromatic carbocycles. The maximum atomic E-state index is 13.1. The van der Waals surface area contributed by atoms with Crippen LogP contribution in [0.2, 0.25) is 0 Å². The van der Waals surface area contributed by atoms with Crippen LogP contribution < -0.4 is 10.2 Å². The Morgan fingerprint density at radius 2 is 1.82 bits per heavy atom. The average molecular weight is 374 g/mol. The van der Waals surface area contributed by atoms with Crippen molar-refractivity contribution in [3.63, 3.8) is 0 Å². The molecule has 0 radical (unpaired) electrons. The van der Waals surface area contributed by atoms with Crippen LogP contribution in [0.4, 0.5) is 5.95 Å². The fourth-order valence-electron chi connectivity index (χ4n) is 3.97. The Bertz CT molecular complexity index is 1040. The number of hydrogen-bond donors (Lipinski definition) is 1. The highest BCUT2D eigenvalue weighted by Gasteiger charge is 2.47. The van der Waals surface area contributed by atoms with Gasteiger partial charge in [-0.05, 0) is 37.0 Å². The summed E-state index contributed by atoms with van der Waals surface area (Å²) in [6.45, 7) is 0.563. The first-order valence-electron chi connectivity index (χ1n) is 9.83. The number of benzene rings is 2. The number of carbonyl (C=O) groups excluding carboxylic acids is 2. The van der Waals surface area contributed by atoms with E-state index in [9.17, 15) is 9.59 Å². The van der Waals surface area contributed by atoms with Gasteiger partial charge in [0.05, 0.1) is 17.5 Å². The van der Waals surface area contributed by atoms with Gasteiger partial charge in [0, 0.05) is 12.6 Å². The van der Waals surface area contributed by atoms with Crippen LogP contribution >= 0.6 is 0 Å². The lowest BCUT2D eigenvalue weighted by molar-refractivity contribution is -0.127. The lowest BCUT2D eigenvalue weighted by atomic mass is 10.1. The number of imidazole rings is 1. The highest BCUT2D eigenvalue weighted by atomic mass is 16.2. The number of rotatable bonds is 6. The Morgan fingerprint density at radius 1 is 1.07 bits per heavy atom. The minimum absolute atomic E-state index is 0.00559. The number of nitrogens with zero attached hydrogens (tertiary/aromatic N) is 3. The number of para-hydroxylation sites is 2. The summed E-state index contributed by atoms with van der Waals surface area (Å²) in [4.78, 5) is 32.1. The molecule has 28 heavy (non-hydrogen) atoms. The number of carbonyl (C=O) groups is 2. The number of nitrogens with one attached hydrogen (secondary N) is 1. The molecule has 2 amide bonds. The van der Waals surface area contributed by atoms with E-state index in [4.69, 9.17) is 0 Å². The van der Waals surface area contributed by atoms with Crippen LogP contribution in [-0.2, 0) is 16.0 Å². The van der Waals surface area contributed by atoms with Gasteiger partial charge < -0.3 is 5.32 Å². The van der Waals surface area contributed by atoms with Gasteiger partial charge in [-0.3, -0.25) is 19.1 Å². The van der Waals surface area contributed by atoms with E-state index in [0.717, 1.165) is 30.3 Å². The molecule has 0 bridgehead atoms. The summed E-state index contributed by atoms with van der Waals surface area (Å²) >= 11 is 0. The van der Waals surface area contributed by atoms with Crippen LogP contribution in [0.3, 0.4) is 0 Å². The Labute approximate surface area is 163 Å². The highest BCUT2D eigenvalue weighted by molar-refractivity contribution is 6.04. The van der Waals surface area contributed by atoms with Crippen molar-refractivity contribution < 1.29 is 9.59 Å². The fraction of sp³-hybridized carbons (Fsp3) is 0.318. The standard InChI is InChI=1S/C22H22N4O2/c27-20(23-13-12-15-6-2-1-3-7-15)14-19-21(28)25(16-10-11-16)22-24-17-8-4-5-9-18(17)26(19)22/h1-9,16,19H,10-14H2,(H,23,27)/t19-/m0/s1. The summed E-state index contributed by atoms with van der Waals surface area (Å²) in [6, 6.07) is 17.6. The van der Waals surface area contributed by atoms with Crippen LogP contribution in [-0.4, -0.2) is 34.0 Å². The zero-order chi connectivity index (χ0) is 19.1. The minimum atomic E-state index is -0.514. The van der Waals surface area contributed by atoms with E-state index in [1.807, 2.05) is 64.1 Å². The van der Waals surface area contributed by atoms with Crippen LogP contribution in [0.25, 0.3) is 11.0 Å². The van der Waals surface area contributed by atoms with Gasteiger partial charge in [-0.15, -0.1) is 0 Å². The van der Waals surface area contributed by atoms with Crippen molar-refractivity contribution in [3.05, 3.63) is 60.2 Å². The van der Waals surface area contributed by atoms with Gasteiger partial charge in [-0.25, -0.2) is 4.98 Å². The molecule has 3 aromatic rings. The second kappa shape index (κ2) is 6.78. The second-order valence-corrected chi connectivity index (χ2v) is 7.52. The zero-order valence-electron chi connectivity index (χ0n) is 15.5. The maximum Gasteiger partial charge on any atom is 0.253 e. The van der Waals surface area contributed by atoms with E-state index in [0.29, 0.717) is 12.5 Å². The first kappa shape index (κ1) is 17.0. The fourth-order valence-corrected chi connectivity index (χ4v) is 3.97. The van der Waals surface area contributed by atoms with Crippen molar-refractivity contribution in [2.45, 2.75) is 37.8 Å². The second-order valence-electron chi connectivity index (χ2n) is 7.52. The molecule has 6 heteroatoms. The van der Waals surface area contributed by atoms with E-state index in [1.165, 1.54) is 5.56 Å². The largest absolute Gasteiger partial charge is 0.356 e. The van der Waals surface area contributed by atoms with Crippen molar-refractivity contribution in [2.24, 2.45) is 0 Å². The summed E-state index contributed by atoms with van der Waals surface area (Å²) in [5.41, 5.74) is 2.96. The quantitative estimate of drug-likeness (QED) is 0.721. The Morgan fingerprint density at radius 3 is 2.61 bits per heavy atom. The molecule has 1 saturated carbocycles. The normalized spacial score (nSPS) is 18.5. The third kappa shape index (κ3) is 2.95. The van der Waals surface area contributed by atoms with E-state index < -0.39 is 6.04 Å². The minimum Gasteiger partial charge on any atom is -0.356 e. The summed E-state index contributed by atoms with van der Waals surface area (Å²) in [7, 11) is 0. The lowest BCUT2D eigenvalue weighted by Gasteiger charge is -2.15. The number of anilines is 1. The van der Waals surface area contributed by atoms with Crippen molar-refractivity contribution in [1.29, 1.82) is 0 Å². The van der Waals surface area contributed by atoms with Gasteiger partial charge in [0.1, 0.15) is 6.04 Å². The predicted molar refractivity (Wildman–Crippen MR) is 107 cm³/mol. The molecule has 1 aliphatic carbocycles. The number of aromatic nitrogens is 2. The van der Waals surface area contributed by atoms with Gasteiger partial charge in [-0.1, -0.05) is 42.5 Å². The van der Waals surface area contributed by atoms with Gasteiger partial charge in [0.25, 0.3) is 5.91 Å². The number of fused-ring (bicyclic) bond motifs is 3. The monoisotopic (exact) mass is 374 g/mol. The summed E-state index contributed by atoms with van der Waals surface area (Å²) < 4.78 is 1.95. The number of amides is 2. The third-order valence-corrected chi connectivity index (χ3v) is 5.50. The molecule has 0 unspecified atom stereocenters. The molecular weight excluding hydrogens is 352 g/mol. The Hall–Kier alpha value is -3.15. The Kier molecular flexibility index (Phi) is 4.11. The first-order valence-corrected chi connectivity index (χ1v) is 9.83. The summed E-state index contributed by atoms with van der Waals surface area (Å²) in [5, 5.41) is 2.97. The SMILES string of the molecule is O=C(C[C@H]1C(=O)N(C2CC2)c2nc3ccccc3n21)NCCc1ccccc1. The molecule has 1 aliphatic heterocycles. The molecule has 5 rings (SSSR count). The topological polar surface area (TPSA) is 67.2 Å². The third-order valence-electron chi connectivity index (χ3n) is 5.50. The average Bonchev–Trinajstić information content (AvgIpc) is 3.41. The van der Waals surface area contributed by atoms with Gasteiger partial charge in [0.15, 0.2) is 0 Å². The zero-order valence-corrected chi connectivity index (χ0v) is 15.5. The van der Waals surface area contributed by atoms with Crippen molar-refractivity contribution in [3.8, 4) is 0 Å². The molecule has 142 valence electrons. The van der Waals surface area contributed by atoms with Gasteiger partial charge in [0.2, 0.25) is 11.9 Å². The van der Waals surface area contributed by atoms with Gasteiger partial charge in [-0.2, -0.15) is 0 Å². The van der Waals surface area contributed by atoms with Crippen molar-refractivity contribution in [2.75, 3.05) is 11.4 Å². The predicted octanol–water partition coefficient (Wildman–Crippen LogP) is 2.84. The van der Waals surface area contributed by atoms with Crippen molar-refractivity contribution >= 4 is 28.8 Å². The number of hydrogen-bond acceptors (Lipinski definition) is 3. The molecule has 1 aromatic heterocycles. The highest BCUT2D eigenvalue weighted by Crippen LogP contribution is 2.42. The lowest BCUT2D eigenvalue weighted by Crippen LogP contribution is -2.34. The first-order chi connectivity index (χ1) is 13.7. The molecule has 2 aliphatic rings. The van der Waals surface area contributed by atoms with E-state index in [-0.39, 0.29) is 24.3 Å². The summed E-state index contributed by atoms with van der Waals surface area (Å²) in [5.74, 6) is 0.584. The molecule has 1 atom stereocenters. The molecule has 1 fully saturated rings. The maximum absolute atomic E-state index is 13.1. The molecular formula is C22H22N4O2. The summed E-state index contributed by atoms with van der Waals surface area (Å²) in [6.07, 6.45) is 2.93. The Balaban J connectivity index is 1.33. The molecule has 0 spiro atoms. The molecule has 1 N–H and O–H groups in total.